The lowest BCUT2D eigenvalue weighted by molar-refractivity contribution is 0.312. The van der Waals surface area contributed by atoms with E-state index in [1.807, 2.05) is 18.3 Å². The maximum Gasteiger partial charge on any atom is 0.126 e. The highest BCUT2D eigenvalue weighted by atomic mass is 19.1. The average Bonchev–Trinajstić information content (AvgIpc) is 2.40. The van der Waals surface area contributed by atoms with Gasteiger partial charge in [0.1, 0.15) is 18.2 Å². The van der Waals surface area contributed by atoms with Gasteiger partial charge in [-0.2, -0.15) is 0 Å². The maximum absolute atomic E-state index is 12.9. The molecule has 18 heavy (non-hydrogen) atoms. The Morgan fingerprint density at radius 1 is 1.22 bits per heavy atom. The highest BCUT2D eigenvalue weighted by Gasteiger charge is 1.96. The van der Waals surface area contributed by atoms with Gasteiger partial charge < -0.3 is 10.1 Å². The monoisotopic (exact) mass is 246 g/mol. The molecule has 0 saturated carbocycles. The van der Waals surface area contributed by atoms with Crippen molar-refractivity contribution in [2.75, 3.05) is 13.2 Å². The molecule has 0 saturated heterocycles. The summed E-state index contributed by atoms with van der Waals surface area (Å²) in [6.45, 7) is 1.95. The van der Waals surface area contributed by atoms with Crippen LogP contribution in [0, 0.1) is 5.82 Å². The van der Waals surface area contributed by atoms with E-state index in [2.05, 4.69) is 10.3 Å². The van der Waals surface area contributed by atoms with Gasteiger partial charge in [-0.05, 0) is 23.8 Å². The molecule has 0 spiro atoms. The largest absolute Gasteiger partial charge is 0.492 e. The Kier molecular flexibility index (Phi) is 4.67. The van der Waals surface area contributed by atoms with Crippen LogP contribution in [0.2, 0.25) is 0 Å². The van der Waals surface area contributed by atoms with Gasteiger partial charge in [0.05, 0.1) is 0 Å². The number of halogens is 1. The quantitative estimate of drug-likeness (QED) is 0.795. The molecule has 2 rings (SSSR count). The van der Waals surface area contributed by atoms with Crippen LogP contribution in [0.1, 0.15) is 5.56 Å². The van der Waals surface area contributed by atoms with Crippen molar-refractivity contribution in [3.63, 3.8) is 0 Å². The van der Waals surface area contributed by atoms with E-state index in [-0.39, 0.29) is 5.82 Å². The van der Waals surface area contributed by atoms with E-state index in [0.717, 1.165) is 12.1 Å². The summed E-state index contributed by atoms with van der Waals surface area (Å²) in [7, 11) is 0. The minimum absolute atomic E-state index is 0.282. The summed E-state index contributed by atoms with van der Waals surface area (Å²) in [5.74, 6) is 0.272. The molecule has 3 nitrogen and oxygen atoms in total. The minimum atomic E-state index is -0.282. The van der Waals surface area contributed by atoms with Gasteiger partial charge in [0.2, 0.25) is 0 Å². The van der Waals surface area contributed by atoms with Gasteiger partial charge in [-0.25, -0.2) is 4.39 Å². The van der Waals surface area contributed by atoms with Crippen LogP contribution in [0.25, 0.3) is 0 Å². The standard InChI is InChI=1S/C14H15FN2O/c15-13-4-1-5-14(9-13)18-8-7-17-11-12-3-2-6-16-10-12/h1-6,9-10,17H,7-8,11H2. The predicted octanol–water partition coefficient (Wildman–Crippen LogP) is 2.39. The molecular weight excluding hydrogens is 231 g/mol. The fraction of sp³-hybridized carbons (Fsp3) is 0.214. The summed E-state index contributed by atoms with van der Waals surface area (Å²) < 4.78 is 18.3. The molecular formula is C14H15FN2O. The Labute approximate surface area is 106 Å². The third-order valence-corrected chi connectivity index (χ3v) is 2.40. The van der Waals surface area contributed by atoms with Crippen molar-refractivity contribution in [1.82, 2.24) is 10.3 Å². The van der Waals surface area contributed by atoms with Crippen LogP contribution in [0.3, 0.4) is 0 Å². The fourth-order valence-corrected chi connectivity index (χ4v) is 1.53. The second kappa shape index (κ2) is 6.71. The first-order valence-corrected chi connectivity index (χ1v) is 5.82. The number of nitrogens with one attached hydrogen (secondary N) is 1. The molecule has 1 aromatic heterocycles. The molecule has 0 atom stereocenters. The zero-order valence-corrected chi connectivity index (χ0v) is 9.97. The van der Waals surface area contributed by atoms with Crippen LogP contribution in [0.4, 0.5) is 4.39 Å². The number of benzene rings is 1. The Morgan fingerprint density at radius 3 is 2.94 bits per heavy atom. The zero-order chi connectivity index (χ0) is 12.6. The average molecular weight is 246 g/mol. The van der Waals surface area contributed by atoms with Crippen molar-refractivity contribution in [2.24, 2.45) is 0 Å². The summed E-state index contributed by atoms with van der Waals surface area (Å²) in [4.78, 5) is 4.03. The van der Waals surface area contributed by atoms with Gasteiger partial charge in [-0.3, -0.25) is 4.98 Å². The van der Waals surface area contributed by atoms with Gasteiger partial charge in [0, 0.05) is 31.5 Å². The molecule has 0 aliphatic heterocycles. The highest BCUT2D eigenvalue weighted by Crippen LogP contribution is 2.11. The number of ether oxygens (including phenoxy) is 1. The smallest absolute Gasteiger partial charge is 0.126 e. The molecule has 0 fully saturated rings. The van der Waals surface area contributed by atoms with Crippen LogP contribution in [0.5, 0.6) is 5.75 Å². The first-order chi connectivity index (χ1) is 8.84. The predicted molar refractivity (Wildman–Crippen MR) is 67.8 cm³/mol. The van der Waals surface area contributed by atoms with Crippen LogP contribution < -0.4 is 10.1 Å². The number of nitrogens with zero attached hydrogens (tertiary/aromatic N) is 1. The minimum Gasteiger partial charge on any atom is -0.492 e. The van der Waals surface area contributed by atoms with Crippen molar-refractivity contribution >= 4 is 0 Å². The molecule has 0 bridgehead atoms. The van der Waals surface area contributed by atoms with Crippen molar-refractivity contribution in [2.45, 2.75) is 6.54 Å². The first-order valence-electron chi connectivity index (χ1n) is 5.82. The maximum atomic E-state index is 12.9. The second-order valence-electron chi connectivity index (χ2n) is 3.84. The van der Waals surface area contributed by atoms with Crippen molar-refractivity contribution in [3.05, 3.63) is 60.2 Å². The summed E-state index contributed by atoms with van der Waals surface area (Å²) in [6.07, 6.45) is 3.57. The Balaban J connectivity index is 1.65. The van der Waals surface area contributed by atoms with E-state index in [0.29, 0.717) is 18.9 Å². The van der Waals surface area contributed by atoms with Crippen LogP contribution in [0.15, 0.2) is 48.8 Å². The topological polar surface area (TPSA) is 34.1 Å². The van der Waals surface area contributed by atoms with E-state index in [4.69, 9.17) is 4.74 Å². The van der Waals surface area contributed by atoms with Gasteiger partial charge >= 0.3 is 0 Å². The van der Waals surface area contributed by atoms with E-state index in [9.17, 15) is 4.39 Å². The van der Waals surface area contributed by atoms with Crippen molar-refractivity contribution in [1.29, 1.82) is 0 Å². The summed E-state index contributed by atoms with van der Waals surface area (Å²) in [6, 6.07) is 10.1. The second-order valence-corrected chi connectivity index (χ2v) is 3.84. The van der Waals surface area contributed by atoms with Crippen molar-refractivity contribution in [3.8, 4) is 5.75 Å². The lowest BCUT2D eigenvalue weighted by atomic mass is 10.3. The summed E-state index contributed by atoms with van der Waals surface area (Å²) in [5.41, 5.74) is 1.13. The van der Waals surface area contributed by atoms with Crippen molar-refractivity contribution < 1.29 is 9.13 Å². The van der Waals surface area contributed by atoms with Gasteiger partial charge in [-0.15, -0.1) is 0 Å². The lowest BCUT2D eigenvalue weighted by Gasteiger charge is -2.07. The molecule has 0 amide bonds. The molecule has 1 aromatic carbocycles. The van der Waals surface area contributed by atoms with E-state index in [1.54, 1.807) is 18.3 Å². The van der Waals surface area contributed by atoms with Crippen LogP contribution >= 0.6 is 0 Å². The molecule has 0 aliphatic carbocycles. The molecule has 0 radical (unpaired) electrons. The number of aromatic nitrogens is 1. The highest BCUT2D eigenvalue weighted by molar-refractivity contribution is 5.22. The van der Waals surface area contributed by atoms with Gasteiger partial charge in [0.15, 0.2) is 0 Å². The molecule has 2 aromatic rings. The molecule has 94 valence electrons. The zero-order valence-electron chi connectivity index (χ0n) is 9.97. The molecule has 0 unspecified atom stereocenters. The Morgan fingerprint density at radius 2 is 2.17 bits per heavy atom. The van der Waals surface area contributed by atoms with Crippen LogP contribution in [-0.2, 0) is 6.54 Å². The molecule has 1 heterocycles. The normalized spacial score (nSPS) is 10.3. The number of pyridine rings is 1. The lowest BCUT2D eigenvalue weighted by Crippen LogP contribution is -2.20. The molecule has 1 N–H and O–H groups in total. The number of hydrogen-bond donors (Lipinski definition) is 1. The number of rotatable bonds is 6. The molecule has 0 aliphatic rings. The first kappa shape index (κ1) is 12.5. The van der Waals surface area contributed by atoms with E-state index >= 15 is 0 Å². The Hall–Kier alpha value is -1.94. The van der Waals surface area contributed by atoms with Gasteiger partial charge in [-0.1, -0.05) is 12.1 Å². The fourth-order valence-electron chi connectivity index (χ4n) is 1.53. The third kappa shape index (κ3) is 4.14. The third-order valence-electron chi connectivity index (χ3n) is 2.40. The van der Waals surface area contributed by atoms with Crippen LogP contribution in [-0.4, -0.2) is 18.1 Å². The summed E-state index contributed by atoms with van der Waals surface area (Å²) in [5, 5.41) is 3.23. The SMILES string of the molecule is Fc1cccc(OCCNCc2cccnc2)c1. The Bertz CT molecular complexity index is 476. The van der Waals surface area contributed by atoms with E-state index in [1.165, 1.54) is 12.1 Å². The molecule has 4 heteroatoms. The van der Waals surface area contributed by atoms with Gasteiger partial charge in [0.25, 0.3) is 0 Å². The van der Waals surface area contributed by atoms with E-state index < -0.39 is 0 Å². The summed E-state index contributed by atoms with van der Waals surface area (Å²) >= 11 is 0. The number of hydrogen-bond acceptors (Lipinski definition) is 3.